The molecule has 1 aliphatic rings. The van der Waals surface area contributed by atoms with Crippen LogP contribution in [-0.2, 0) is 4.74 Å². The first-order chi connectivity index (χ1) is 9.61. The summed E-state index contributed by atoms with van der Waals surface area (Å²) in [6, 6.07) is 8.01. The van der Waals surface area contributed by atoms with Crippen molar-refractivity contribution >= 4 is 22.3 Å². The first kappa shape index (κ1) is 13.2. The van der Waals surface area contributed by atoms with Gasteiger partial charge in [0.1, 0.15) is 0 Å². The van der Waals surface area contributed by atoms with Crippen LogP contribution in [0.25, 0.3) is 10.9 Å². The van der Waals surface area contributed by atoms with Crippen LogP contribution in [0.2, 0.25) is 0 Å². The Balaban J connectivity index is 2.01. The Hall–Kier alpha value is -1.81. The first-order valence-electron chi connectivity index (χ1n) is 7.06. The van der Waals surface area contributed by atoms with E-state index >= 15 is 0 Å². The SMILES string of the molecule is COC1(C)CCCN(c2ccnc3cc(N)ccc23)C1. The molecular formula is C16H21N3O. The molecule has 1 atom stereocenters. The molecule has 1 saturated heterocycles. The number of fused-ring (bicyclic) bond motifs is 1. The van der Waals surface area contributed by atoms with Gasteiger partial charge in [-0.3, -0.25) is 4.98 Å². The quantitative estimate of drug-likeness (QED) is 0.853. The molecule has 0 bridgehead atoms. The van der Waals surface area contributed by atoms with E-state index in [0.29, 0.717) is 0 Å². The third kappa shape index (κ3) is 2.31. The highest BCUT2D eigenvalue weighted by Gasteiger charge is 2.31. The highest BCUT2D eigenvalue weighted by Crippen LogP contribution is 2.32. The van der Waals surface area contributed by atoms with Crippen LogP contribution in [-0.4, -0.2) is 30.8 Å². The summed E-state index contributed by atoms with van der Waals surface area (Å²) in [4.78, 5) is 6.81. The van der Waals surface area contributed by atoms with Gasteiger partial charge >= 0.3 is 0 Å². The summed E-state index contributed by atoms with van der Waals surface area (Å²) in [7, 11) is 1.80. The van der Waals surface area contributed by atoms with Crippen molar-refractivity contribution < 1.29 is 4.74 Å². The second-order valence-corrected chi connectivity index (χ2v) is 5.79. The van der Waals surface area contributed by atoms with E-state index in [1.807, 2.05) is 18.3 Å². The van der Waals surface area contributed by atoms with E-state index in [9.17, 15) is 0 Å². The van der Waals surface area contributed by atoms with Crippen molar-refractivity contribution in [2.24, 2.45) is 0 Å². The summed E-state index contributed by atoms with van der Waals surface area (Å²) < 4.78 is 5.68. The fraction of sp³-hybridized carbons (Fsp3) is 0.438. The Bertz CT molecular complexity index is 628. The molecule has 106 valence electrons. The minimum absolute atomic E-state index is 0.0678. The van der Waals surface area contributed by atoms with Crippen LogP contribution >= 0.6 is 0 Å². The Kier molecular flexibility index (Phi) is 3.26. The van der Waals surface area contributed by atoms with E-state index in [-0.39, 0.29) is 5.60 Å². The van der Waals surface area contributed by atoms with Crippen molar-refractivity contribution in [3.05, 3.63) is 30.5 Å². The molecule has 4 heteroatoms. The van der Waals surface area contributed by atoms with Crippen LogP contribution in [0.4, 0.5) is 11.4 Å². The number of pyridine rings is 1. The van der Waals surface area contributed by atoms with E-state index in [1.165, 1.54) is 5.69 Å². The van der Waals surface area contributed by atoms with Gasteiger partial charge in [-0.25, -0.2) is 0 Å². The van der Waals surface area contributed by atoms with Crippen LogP contribution < -0.4 is 10.6 Å². The van der Waals surface area contributed by atoms with Crippen molar-refractivity contribution in [1.29, 1.82) is 0 Å². The van der Waals surface area contributed by atoms with Crippen molar-refractivity contribution in [3.8, 4) is 0 Å². The number of benzene rings is 1. The molecule has 1 aliphatic heterocycles. The first-order valence-corrected chi connectivity index (χ1v) is 7.06. The maximum absolute atomic E-state index is 5.84. The summed E-state index contributed by atoms with van der Waals surface area (Å²) in [6.45, 7) is 4.15. The van der Waals surface area contributed by atoms with Gasteiger partial charge in [-0.1, -0.05) is 0 Å². The number of hydrogen-bond acceptors (Lipinski definition) is 4. The minimum Gasteiger partial charge on any atom is -0.399 e. The van der Waals surface area contributed by atoms with Gasteiger partial charge < -0.3 is 15.4 Å². The van der Waals surface area contributed by atoms with Crippen LogP contribution in [0.3, 0.4) is 0 Å². The molecule has 0 saturated carbocycles. The third-order valence-electron chi connectivity index (χ3n) is 4.24. The molecule has 1 fully saturated rings. The molecule has 1 unspecified atom stereocenters. The summed E-state index contributed by atoms with van der Waals surface area (Å²) in [6.07, 6.45) is 4.11. The molecule has 1 aromatic carbocycles. The molecule has 1 aromatic heterocycles. The number of methoxy groups -OCH3 is 1. The topological polar surface area (TPSA) is 51.4 Å². The molecule has 0 aliphatic carbocycles. The number of piperidine rings is 1. The Labute approximate surface area is 119 Å². The number of ether oxygens (including phenoxy) is 1. The smallest absolute Gasteiger partial charge is 0.0825 e. The fourth-order valence-corrected chi connectivity index (χ4v) is 3.00. The monoisotopic (exact) mass is 271 g/mol. The van der Waals surface area contributed by atoms with E-state index < -0.39 is 0 Å². The van der Waals surface area contributed by atoms with Crippen LogP contribution in [0.5, 0.6) is 0 Å². The zero-order valence-corrected chi connectivity index (χ0v) is 12.1. The van der Waals surface area contributed by atoms with Gasteiger partial charge in [0.25, 0.3) is 0 Å². The number of aromatic nitrogens is 1. The van der Waals surface area contributed by atoms with E-state index in [4.69, 9.17) is 10.5 Å². The van der Waals surface area contributed by atoms with Crippen LogP contribution in [0, 0.1) is 0 Å². The summed E-state index contributed by atoms with van der Waals surface area (Å²) in [5, 5.41) is 1.15. The second kappa shape index (κ2) is 4.94. The molecule has 3 rings (SSSR count). The maximum atomic E-state index is 5.84. The third-order valence-corrected chi connectivity index (χ3v) is 4.24. The minimum atomic E-state index is -0.0678. The van der Waals surface area contributed by atoms with Crippen molar-refractivity contribution in [1.82, 2.24) is 4.98 Å². The lowest BCUT2D eigenvalue weighted by Gasteiger charge is -2.41. The lowest BCUT2D eigenvalue weighted by molar-refractivity contribution is -0.00459. The standard InChI is InChI=1S/C16H21N3O/c1-16(20-2)7-3-9-19(11-16)15-6-8-18-14-10-12(17)4-5-13(14)15/h4-6,8,10H,3,7,9,11,17H2,1-2H3. The molecule has 2 N–H and O–H groups in total. The Morgan fingerprint density at radius 3 is 3.00 bits per heavy atom. The van der Waals surface area contributed by atoms with Gasteiger partial charge in [-0.15, -0.1) is 0 Å². The number of rotatable bonds is 2. The van der Waals surface area contributed by atoms with E-state index in [0.717, 1.165) is 42.5 Å². The average molecular weight is 271 g/mol. The van der Waals surface area contributed by atoms with Gasteiger partial charge in [0, 0.05) is 43.2 Å². The highest BCUT2D eigenvalue weighted by atomic mass is 16.5. The molecule has 2 aromatic rings. The molecule has 4 nitrogen and oxygen atoms in total. The van der Waals surface area contributed by atoms with Crippen molar-refractivity contribution in [2.45, 2.75) is 25.4 Å². The van der Waals surface area contributed by atoms with Gasteiger partial charge in [-0.05, 0) is 44.0 Å². The van der Waals surface area contributed by atoms with Gasteiger partial charge in [0.05, 0.1) is 11.1 Å². The lowest BCUT2D eigenvalue weighted by Crippen LogP contribution is -2.47. The van der Waals surface area contributed by atoms with Crippen LogP contribution in [0.15, 0.2) is 30.5 Å². The summed E-state index contributed by atoms with van der Waals surface area (Å²) in [5.41, 5.74) is 8.70. The zero-order chi connectivity index (χ0) is 14.2. The molecule has 0 amide bonds. The Morgan fingerprint density at radius 1 is 1.35 bits per heavy atom. The van der Waals surface area contributed by atoms with Crippen molar-refractivity contribution in [3.63, 3.8) is 0 Å². The average Bonchev–Trinajstić information content (AvgIpc) is 2.46. The van der Waals surface area contributed by atoms with E-state index in [1.54, 1.807) is 7.11 Å². The number of nitrogen functional groups attached to an aromatic ring is 1. The second-order valence-electron chi connectivity index (χ2n) is 5.79. The van der Waals surface area contributed by atoms with Gasteiger partial charge in [-0.2, -0.15) is 0 Å². The van der Waals surface area contributed by atoms with Crippen molar-refractivity contribution in [2.75, 3.05) is 30.8 Å². The lowest BCUT2D eigenvalue weighted by atomic mass is 9.94. The normalized spacial score (nSPS) is 23.2. The maximum Gasteiger partial charge on any atom is 0.0825 e. The number of anilines is 2. The van der Waals surface area contributed by atoms with Crippen LogP contribution in [0.1, 0.15) is 19.8 Å². The predicted octanol–water partition coefficient (Wildman–Crippen LogP) is 2.82. The number of hydrogen-bond donors (Lipinski definition) is 1. The molecule has 0 radical (unpaired) electrons. The highest BCUT2D eigenvalue weighted by molar-refractivity contribution is 5.93. The fourth-order valence-electron chi connectivity index (χ4n) is 3.00. The van der Waals surface area contributed by atoms with Gasteiger partial charge in [0.2, 0.25) is 0 Å². The predicted molar refractivity (Wildman–Crippen MR) is 83.0 cm³/mol. The summed E-state index contributed by atoms with van der Waals surface area (Å²) in [5.74, 6) is 0. The zero-order valence-electron chi connectivity index (χ0n) is 12.1. The Morgan fingerprint density at radius 2 is 2.20 bits per heavy atom. The number of nitrogens with zero attached hydrogens (tertiary/aromatic N) is 2. The molecule has 2 heterocycles. The van der Waals surface area contributed by atoms with E-state index in [2.05, 4.69) is 28.9 Å². The summed E-state index contributed by atoms with van der Waals surface area (Å²) >= 11 is 0. The molecule has 0 spiro atoms. The molecular weight excluding hydrogens is 250 g/mol. The van der Waals surface area contributed by atoms with Gasteiger partial charge in [0.15, 0.2) is 0 Å². The molecule has 20 heavy (non-hydrogen) atoms. The largest absolute Gasteiger partial charge is 0.399 e. The number of nitrogens with two attached hydrogens (primary N) is 1.